The van der Waals surface area contributed by atoms with E-state index in [1.807, 2.05) is 13.8 Å². The fraction of sp³-hybridized carbons (Fsp3) is 0.800. The molecule has 0 saturated heterocycles. The first kappa shape index (κ1) is 16.9. The van der Waals surface area contributed by atoms with Crippen molar-refractivity contribution < 1.29 is 16.8 Å². The molecule has 10 heteroatoms. The zero-order chi connectivity index (χ0) is 15.2. The van der Waals surface area contributed by atoms with Gasteiger partial charge in [0.1, 0.15) is 0 Å². The summed E-state index contributed by atoms with van der Waals surface area (Å²) in [4.78, 5) is 0. The minimum Gasteiger partial charge on any atom is -0.220 e. The van der Waals surface area contributed by atoms with Crippen LogP contribution < -0.4 is 0 Å². The molecule has 8 nitrogen and oxygen atoms in total. The predicted molar refractivity (Wildman–Crippen MR) is 71.5 cm³/mol. The molecule has 0 radical (unpaired) electrons. The van der Waals surface area contributed by atoms with Crippen molar-refractivity contribution in [2.45, 2.75) is 49.8 Å². The van der Waals surface area contributed by atoms with E-state index in [9.17, 15) is 16.8 Å². The second-order valence-corrected chi connectivity index (χ2v) is 8.32. The third-order valence-corrected chi connectivity index (χ3v) is 5.62. The molecular formula is C10H18N4O4S2. The van der Waals surface area contributed by atoms with Gasteiger partial charge < -0.3 is 0 Å². The van der Waals surface area contributed by atoms with Gasteiger partial charge in [0.25, 0.3) is 10.3 Å². The lowest BCUT2D eigenvalue weighted by atomic mass is 10.4. The average Bonchev–Trinajstić information content (AvgIpc) is 2.43. The third-order valence-electron chi connectivity index (χ3n) is 2.53. The van der Waals surface area contributed by atoms with Gasteiger partial charge in [-0.05, 0) is 12.8 Å². The van der Waals surface area contributed by atoms with Gasteiger partial charge >= 0.3 is 0 Å². The van der Waals surface area contributed by atoms with Crippen molar-refractivity contribution in [3.8, 4) is 0 Å². The van der Waals surface area contributed by atoms with Crippen LogP contribution in [0.4, 0.5) is 0 Å². The highest BCUT2D eigenvalue weighted by Crippen LogP contribution is 2.08. The standard InChI is InChI=1S/C10H18N4O4S2/c1-3-5-7-19(15,16)9-11-13-10(14-12-9)20(17,18)8-6-4-2/h3-8H2,1-2H3. The van der Waals surface area contributed by atoms with Crippen LogP contribution >= 0.6 is 0 Å². The summed E-state index contributed by atoms with van der Waals surface area (Å²) in [6, 6.07) is 0. The van der Waals surface area contributed by atoms with Gasteiger partial charge in [0.2, 0.25) is 19.7 Å². The Morgan fingerprint density at radius 2 is 1.00 bits per heavy atom. The van der Waals surface area contributed by atoms with Gasteiger partial charge in [0.15, 0.2) is 0 Å². The molecule has 1 rings (SSSR count). The Morgan fingerprint density at radius 1 is 0.700 bits per heavy atom. The highest BCUT2D eigenvalue weighted by atomic mass is 32.2. The Bertz CT molecular complexity index is 569. The molecule has 0 aliphatic heterocycles. The molecule has 0 bridgehead atoms. The molecule has 0 spiro atoms. The molecule has 0 aliphatic rings. The molecule has 0 amide bonds. The maximum absolute atomic E-state index is 11.8. The SMILES string of the molecule is CCCCS(=O)(=O)c1nnc(S(=O)(=O)CCCC)nn1. The summed E-state index contributed by atoms with van der Waals surface area (Å²) in [6.45, 7) is 3.71. The van der Waals surface area contributed by atoms with Crippen molar-refractivity contribution in [3.05, 3.63) is 0 Å². The summed E-state index contributed by atoms with van der Waals surface area (Å²) < 4.78 is 47.1. The normalized spacial score (nSPS) is 12.5. The summed E-state index contributed by atoms with van der Waals surface area (Å²) in [5.41, 5.74) is 0. The predicted octanol–water partition coefficient (Wildman–Crippen LogP) is 0.414. The average molecular weight is 322 g/mol. The van der Waals surface area contributed by atoms with Crippen molar-refractivity contribution in [1.82, 2.24) is 20.4 Å². The van der Waals surface area contributed by atoms with E-state index in [2.05, 4.69) is 20.4 Å². The molecule has 20 heavy (non-hydrogen) atoms. The van der Waals surface area contributed by atoms with Crippen molar-refractivity contribution in [1.29, 1.82) is 0 Å². The topological polar surface area (TPSA) is 120 Å². The Labute approximate surface area is 118 Å². The largest absolute Gasteiger partial charge is 0.287 e. The quantitative estimate of drug-likeness (QED) is 0.675. The number of hydrogen-bond donors (Lipinski definition) is 0. The minimum atomic E-state index is -3.64. The van der Waals surface area contributed by atoms with Crippen LogP contribution in [0.5, 0.6) is 0 Å². The van der Waals surface area contributed by atoms with E-state index in [1.165, 1.54) is 0 Å². The second kappa shape index (κ2) is 7.02. The number of rotatable bonds is 8. The van der Waals surface area contributed by atoms with Crippen LogP contribution in [0, 0.1) is 0 Å². The van der Waals surface area contributed by atoms with Crippen molar-refractivity contribution in [2.75, 3.05) is 11.5 Å². The van der Waals surface area contributed by atoms with Crippen LogP contribution in [0.2, 0.25) is 0 Å². The molecule has 1 aromatic heterocycles. The fourth-order valence-electron chi connectivity index (χ4n) is 1.31. The fourth-order valence-corrected chi connectivity index (χ4v) is 3.67. The lowest BCUT2D eigenvalue weighted by Gasteiger charge is -2.02. The zero-order valence-corrected chi connectivity index (χ0v) is 13.1. The summed E-state index contributed by atoms with van der Waals surface area (Å²) >= 11 is 0. The van der Waals surface area contributed by atoms with Gasteiger partial charge in [-0.25, -0.2) is 16.8 Å². The molecular weight excluding hydrogens is 304 g/mol. The van der Waals surface area contributed by atoms with Crippen LogP contribution in [0.3, 0.4) is 0 Å². The van der Waals surface area contributed by atoms with Crippen molar-refractivity contribution >= 4 is 19.7 Å². The minimum absolute atomic E-state index is 0.102. The number of unbranched alkanes of at least 4 members (excludes halogenated alkanes) is 2. The van der Waals surface area contributed by atoms with E-state index in [1.54, 1.807) is 0 Å². The highest BCUT2D eigenvalue weighted by molar-refractivity contribution is 7.91. The van der Waals surface area contributed by atoms with E-state index >= 15 is 0 Å². The number of hydrogen-bond acceptors (Lipinski definition) is 8. The first-order valence-corrected chi connectivity index (χ1v) is 9.67. The lowest BCUT2D eigenvalue weighted by Crippen LogP contribution is -2.18. The molecule has 1 heterocycles. The van der Waals surface area contributed by atoms with E-state index in [-0.39, 0.29) is 11.5 Å². The third kappa shape index (κ3) is 4.44. The summed E-state index contributed by atoms with van der Waals surface area (Å²) in [5.74, 6) is -0.205. The van der Waals surface area contributed by atoms with Crippen LogP contribution in [0.1, 0.15) is 39.5 Å². The van der Waals surface area contributed by atoms with E-state index in [0.29, 0.717) is 25.7 Å². The van der Waals surface area contributed by atoms with Gasteiger partial charge in [-0.2, -0.15) is 0 Å². The molecule has 0 atom stereocenters. The number of sulfone groups is 2. The number of nitrogens with zero attached hydrogens (tertiary/aromatic N) is 4. The second-order valence-electron chi connectivity index (χ2n) is 4.31. The maximum Gasteiger partial charge on any atom is 0.287 e. The molecule has 0 unspecified atom stereocenters. The van der Waals surface area contributed by atoms with Crippen molar-refractivity contribution in [3.63, 3.8) is 0 Å². The summed E-state index contributed by atoms with van der Waals surface area (Å²) in [7, 11) is -7.29. The Kier molecular flexibility index (Phi) is 5.93. The monoisotopic (exact) mass is 322 g/mol. The number of aromatic nitrogens is 4. The van der Waals surface area contributed by atoms with Crippen molar-refractivity contribution in [2.24, 2.45) is 0 Å². The maximum atomic E-state index is 11.8. The van der Waals surface area contributed by atoms with E-state index in [0.717, 1.165) is 0 Å². The van der Waals surface area contributed by atoms with Crippen LogP contribution in [-0.2, 0) is 19.7 Å². The smallest absolute Gasteiger partial charge is 0.220 e. The zero-order valence-electron chi connectivity index (χ0n) is 11.5. The first-order valence-electron chi connectivity index (χ1n) is 6.36. The van der Waals surface area contributed by atoms with Gasteiger partial charge in [-0.1, -0.05) is 26.7 Å². The molecule has 0 aromatic carbocycles. The first-order chi connectivity index (χ1) is 9.33. The highest BCUT2D eigenvalue weighted by Gasteiger charge is 2.23. The van der Waals surface area contributed by atoms with Gasteiger partial charge in [-0.3, -0.25) is 0 Å². The summed E-state index contributed by atoms with van der Waals surface area (Å²) in [6.07, 6.45) is 2.37. The van der Waals surface area contributed by atoms with Crippen LogP contribution in [0.15, 0.2) is 10.3 Å². The molecule has 1 aromatic rings. The molecule has 0 fully saturated rings. The van der Waals surface area contributed by atoms with E-state index < -0.39 is 30.0 Å². The van der Waals surface area contributed by atoms with Crippen LogP contribution in [-0.4, -0.2) is 48.7 Å². The molecule has 0 saturated carbocycles. The molecule has 114 valence electrons. The molecule has 0 aliphatic carbocycles. The Hall–Kier alpha value is -1.16. The Morgan fingerprint density at radius 3 is 1.25 bits per heavy atom. The molecule has 0 N–H and O–H groups in total. The lowest BCUT2D eigenvalue weighted by molar-refractivity contribution is 0.544. The summed E-state index contributed by atoms with van der Waals surface area (Å²) in [5, 5.41) is 12.5. The van der Waals surface area contributed by atoms with Gasteiger partial charge in [0, 0.05) is 0 Å². The van der Waals surface area contributed by atoms with Crippen LogP contribution in [0.25, 0.3) is 0 Å². The van der Waals surface area contributed by atoms with Gasteiger partial charge in [-0.15, -0.1) is 20.4 Å². The van der Waals surface area contributed by atoms with E-state index in [4.69, 9.17) is 0 Å². The van der Waals surface area contributed by atoms with Gasteiger partial charge in [0.05, 0.1) is 11.5 Å². The Balaban J connectivity index is 2.94.